The van der Waals surface area contributed by atoms with Gasteiger partial charge in [0.15, 0.2) is 0 Å². The van der Waals surface area contributed by atoms with Crippen LogP contribution in [0.3, 0.4) is 0 Å². The normalized spacial score (nSPS) is 10.1. The first-order chi connectivity index (χ1) is 9.58. The minimum absolute atomic E-state index is 0.108. The summed E-state index contributed by atoms with van der Waals surface area (Å²) in [5, 5.41) is 2.66. The average molecular weight is 288 g/mol. The van der Waals surface area contributed by atoms with Crippen molar-refractivity contribution in [1.82, 2.24) is 5.32 Å². The maximum Gasteiger partial charge on any atom is 0.251 e. The zero-order chi connectivity index (χ0) is 14.5. The lowest BCUT2D eigenvalue weighted by Gasteiger charge is -2.07. The summed E-state index contributed by atoms with van der Waals surface area (Å²) in [5.74, 6) is -0.688. The molecule has 0 saturated carbocycles. The van der Waals surface area contributed by atoms with Crippen LogP contribution in [0.15, 0.2) is 48.5 Å². The molecule has 0 spiro atoms. The summed E-state index contributed by atoms with van der Waals surface area (Å²) in [7, 11) is 0. The fourth-order valence-electron chi connectivity index (χ4n) is 1.71. The summed E-state index contributed by atoms with van der Waals surface area (Å²) in [6.07, 6.45) is 0. The molecule has 0 aliphatic heterocycles. The van der Waals surface area contributed by atoms with Crippen molar-refractivity contribution in [2.24, 2.45) is 5.73 Å². The molecule has 0 aliphatic rings. The number of hydrogen-bond acceptors (Lipinski definition) is 2. The molecule has 2 aromatic rings. The second kappa shape index (κ2) is 6.25. The van der Waals surface area contributed by atoms with Gasteiger partial charge in [0.1, 0.15) is 10.8 Å². The number of carbonyl (C=O) groups excluding carboxylic acids is 1. The molecule has 2 rings (SSSR count). The highest BCUT2D eigenvalue weighted by atomic mass is 32.1. The van der Waals surface area contributed by atoms with Gasteiger partial charge in [-0.05, 0) is 18.2 Å². The number of halogens is 1. The molecule has 102 valence electrons. The van der Waals surface area contributed by atoms with E-state index in [1.165, 1.54) is 6.07 Å². The van der Waals surface area contributed by atoms with Gasteiger partial charge in [-0.2, -0.15) is 0 Å². The summed E-state index contributed by atoms with van der Waals surface area (Å²) in [5.41, 5.74) is 6.81. The van der Waals surface area contributed by atoms with Crippen molar-refractivity contribution < 1.29 is 9.18 Å². The Morgan fingerprint density at radius 1 is 1.15 bits per heavy atom. The third-order valence-electron chi connectivity index (χ3n) is 2.81. The fraction of sp³-hybridized carbons (Fsp3) is 0.0667. The highest BCUT2D eigenvalue weighted by Gasteiger charge is 2.08. The van der Waals surface area contributed by atoms with Crippen molar-refractivity contribution in [1.29, 1.82) is 0 Å². The summed E-state index contributed by atoms with van der Waals surface area (Å²) in [6, 6.07) is 13.2. The fourth-order valence-corrected chi connectivity index (χ4v) is 1.84. The van der Waals surface area contributed by atoms with Gasteiger partial charge in [-0.25, -0.2) is 4.39 Å². The minimum atomic E-state index is -0.441. The van der Waals surface area contributed by atoms with Gasteiger partial charge in [0, 0.05) is 23.2 Å². The molecule has 0 aromatic heterocycles. The van der Waals surface area contributed by atoms with Crippen LogP contribution >= 0.6 is 12.2 Å². The van der Waals surface area contributed by atoms with Crippen molar-refractivity contribution in [2.75, 3.05) is 0 Å². The number of nitrogens with one attached hydrogen (secondary N) is 1. The highest BCUT2D eigenvalue weighted by molar-refractivity contribution is 7.80. The number of nitrogens with two attached hydrogens (primary N) is 1. The Bertz CT molecular complexity index is 644. The first-order valence-corrected chi connectivity index (χ1v) is 6.40. The van der Waals surface area contributed by atoms with Crippen LogP contribution in [0.1, 0.15) is 21.5 Å². The second-order valence-corrected chi connectivity index (χ2v) is 4.66. The number of benzene rings is 2. The molecule has 0 heterocycles. The standard InChI is InChI=1S/C15H13FN2OS/c16-13-8-11(14(17)20)6-7-12(13)9-18-15(19)10-4-2-1-3-5-10/h1-8H,9H2,(H2,17,20)(H,18,19). The molecule has 1 amide bonds. The first kappa shape index (κ1) is 14.1. The lowest BCUT2D eigenvalue weighted by atomic mass is 10.1. The van der Waals surface area contributed by atoms with E-state index in [2.05, 4.69) is 5.32 Å². The van der Waals surface area contributed by atoms with Crippen molar-refractivity contribution in [3.05, 3.63) is 71.0 Å². The lowest BCUT2D eigenvalue weighted by molar-refractivity contribution is 0.0950. The van der Waals surface area contributed by atoms with E-state index in [1.807, 2.05) is 6.07 Å². The topological polar surface area (TPSA) is 55.1 Å². The number of hydrogen-bond donors (Lipinski definition) is 2. The molecule has 0 atom stereocenters. The van der Waals surface area contributed by atoms with E-state index in [1.54, 1.807) is 36.4 Å². The zero-order valence-corrected chi connectivity index (χ0v) is 11.4. The molecule has 0 radical (unpaired) electrons. The van der Waals surface area contributed by atoms with Crippen molar-refractivity contribution in [3.63, 3.8) is 0 Å². The largest absolute Gasteiger partial charge is 0.389 e. The van der Waals surface area contributed by atoms with Crippen molar-refractivity contribution >= 4 is 23.1 Å². The van der Waals surface area contributed by atoms with Gasteiger partial charge in [0.05, 0.1) is 0 Å². The van der Waals surface area contributed by atoms with Gasteiger partial charge in [0.25, 0.3) is 5.91 Å². The molecule has 0 aliphatic carbocycles. The van der Waals surface area contributed by atoms with Crippen molar-refractivity contribution in [2.45, 2.75) is 6.54 Å². The summed E-state index contributed by atoms with van der Waals surface area (Å²) in [6.45, 7) is 0.108. The van der Waals surface area contributed by atoms with Crippen LogP contribution in [-0.2, 0) is 6.54 Å². The van der Waals surface area contributed by atoms with E-state index >= 15 is 0 Å². The molecule has 3 N–H and O–H groups in total. The first-order valence-electron chi connectivity index (χ1n) is 5.99. The van der Waals surface area contributed by atoms with E-state index in [0.717, 1.165) is 0 Å². The third kappa shape index (κ3) is 3.39. The number of amides is 1. The van der Waals surface area contributed by atoms with Crippen LogP contribution in [-0.4, -0.2) is 10.9 Å². The monoisotopic (exact) mass is 288 g/mol. The van der Waals surface area contributed by atoms with Gasteiger partial charge in [-0.3, -0.25) is 4.79 Å². The third-order valence-corrected chi connectivity index (χ3v) is 3.05. The molecule has 5 heteroatoms. The lowest BCUT2D eigenvalue weighted by Crippen LogP contribution is -2.23. The van der Waals surface area contributed by atoms with Crippen LogP contribution < -0.4 is 11.1 Å². The molecular weight excluding hydrogens is 275 g/mol. The van der Waals surface area contributed by atoms with Gasteiger partial charge in [0.2, 0.25) is 0 Å². The smallest absolute Gasteiger partial charge is 0.251 e. The molecular formula is C15H13FN2OS. The van der Waals surface area contributed by atoms with E-state index < -0.39 is 5.82 Å². The molecule has 2 aromatic carbocycles. The number of rotatable bonds is 4. The summed E-state index contributed by atoms with van der Waals surface area (Å²) >= 11 is 4.78. The van der Waals surface area contributed by atoms with E-state index in [0.29, 0.717) is 16.7 Å². The van der Waals surface area contributed by atoms with Gasteiger partial charge in [-0.1, -0.05) is 42.5 Å². The van der Waals surface area contributed by atoms with Crippen LogP contribution in [0.4, 0.5) is 4.39 Å². The maximum absolute atomic E-state index is 13.8. The molecule has 0 fully saturated rings. The Morgan fingerprint density at radius 2 is 1.85 bits per heavy atom. The SMILES string of the molecule is NC(=S)c1ccc(CNC(=O)c2ccccc2)c(F)c1. The van der Waals surface area contributed by atoms with Crippen LogP contribution in [0.5, 0.6) is 0 Å². The highest BCUT2D eigenvalue weighted by Crippen LogP contribution is 2.11. The second-order valence-electron chi connectivity index (χ2n) is 4.22. The number of thiocarbonyl (C=S) groups is 1. The van der Waals surface area contributed by atoms with Crippen LogP contribution in [0.25, 0.3) is 0 Å². The molecule has 3 nitrogen and oxygen atoms in total. The Hall–Kier alpha value is -2.27. The molecule has 0 unspecified atom stereocenters. The predicted octanol–water partition coefficient (Wildman–Crippen LogP) is 2.39. The molecule has 0 saturated heterocycles. The maximum atomic E-state index is 13.8. The molecule has 0 bridgehead atoms. The zero-order valence-electron chi connectivity index (χ0n) is 10.6. The van der Waals surface area contributed by atoms with Crippen LogP contribution in [0.2, 0.25) is 0 Å². The quantitative estimate of drug-likeness (QED) is 0.849. The Kier molecular flexibility index (Phi) is 4.42. The minimum Gasteiger partial charge on any atom is -0.389 e. The van der Waals surface area contributed by atoms with Gasteiger partial charge >= 0.3 is 0 Å². The number of carbonyl (C=O) groups is 1. The Balaban J connectivity index is 2.04. The Morgan fingerprint density at radius 3 is 2.45 bits per heavy atom. The van der Waals surface area contributed by atoms with Gasteiger partial charge in [-0.15, -0.1) is 0 Å². The Labute approximate surface area is 121 Å². The predicted molar refractivity (Wildman–Crippen MR) is 79.9 cm³/mol. The van der Waals surface area contributed by atoms with Crippen molar-refractivity contribution in [3.8, 4) is 0 Å². The summed E-state index contributed by atoms with van der Waals surface area (Å²) in [4.78, 5) is 12.0. The van der Waals surface area contributed by atoms with E-state index in [9.17, 15) is 9.18 Å². The van der Waals surface area contributed by atoms with Crippen LogP contribution in [0, 0.1) is 5.82 Å². The average Bonchev–Trinajstić information content (AvgIpc) is 2.46. The summed E-state index contributed by atoms with van der Waals surface area (Å²) < 4.78 is 13.8. The van der Waals surface area contributed by atoms with Gasteiger partial charge < -0.3 is 11.1 Å². The van der Waals surface area contributed by atoms with E-state index in [4.69, 9.17) is 18.0 Å². The van der Waals surface area contributed by atoms with E-state index in [-0.39, 0.29) is 17.4 Å². The molecule has 20 heavy (non-hydrogen) atoms.